The first kappa shape index (κ1) is 25.2. The molecular formula is C23H19ClIN3O6. The number of hydrogen-bond acceptors (Lipinski definition) is 7. The monoisotopic (exact) mass is 595 g/mol. The van der Waals surface area contributed by atoms with Crippen molar-refractivity contribution in [3.8, 4) is 17.2 Å². The van der Waals surface area contributed by atoms with Gasteiger partial charge >= 0.3 is 0 Å². The molecule has 0 saturated heterocycles. The zero-order chi connectivity index (χ0) is 24.7. The Kier molecular flexibility index (Phi) is 8.66. The highest BCUT2D eigenvalue weighted by atomic mass is 127. The van der Waals surface area contributed by atoms with Crippen molar-refractivity contribution in [1.29, 1.82) is 0 Å². The maximum atomic E-state index is 12.5. The quantitative estimate of drug-likeness (QED) is 0.157. The number of benzene rings is 3. The van der Waals surface area contributed by atoms with Gasteiger partial charge in [0, 0.05) is 17.2 Å². The average molecular weight is 596 g/mol. The SMILES string of the molecule is COc1ccc([N+](=O)[O-])cc1C(=O)NN=Cc1cc(I)c(OCc2ccc(Cl)cc2)c(OC)c1. The van der Waals surface area contributed by atoms with E-state index in [1.807, 2.05) is 18.2 Å². The van der Waals surface area contributed by atoms with E-state index in [2.05, 4.69) is 33.1 Å². The standard InChI is InChI=1S/C23H19ClIN3O6/c1-32-20-8-7-17(28(30)31)11-18(20)23(29)27-26-12-15-9-19(25)22(21(10-15)33-2)34-13-14-3-5-16(24)6-4-14/h3-12H,13H2,1-2H3,(H,27,29). The van der Waals surface area contributed by atoms with Crippen molar-refractivity contribution in [1.82, 2.24) is 5.43 Å². The van der Waals surface area contributed by atoms with Crippen LogP contribution in [0.2, 0.25) is 5.02 Å². The lowest BCUT2D eigenvalue weighted by atomic mass is 10.1. The molecule has 9 nitrogen and oxygen atoms in total. The van der Waals surface area contributed by atoms with Crippen LogP contribution in [0.4, 0.5) is 5.69 Å². The van der Waals surface area contributed by atoms with Gasteiger partial charge in [0.1, 0.15) is 12.4 Å². The van der Waals surface area contributed by atoms with Crippen LogP contribution in [-0.2, 0) is 6.61 Å². The molecule has 0 fully saturated rings. The van der Waals surface area contributed by atoms with Crippen LogP contribution in [0.25, 0.3) is 0 Å². The van der Waals surface area contributed by atoms with Gasteiger partial charge in [-0.1, -0.05) is 23.7 Å². The summed E-state index contributed by atoms with van der Waals surface area (Å²) in [6.45, 7) is 0.331. The van der Waals surface area contributed by atoms with E-state index in [9.17, 15) is 14.9 Å². The Morgan fingerprint density at radius 1 is 1.12 bits per heavy atom. The van der Waals surface area contributed by atoms with Crippen molar-refractivity contribution in [2.24, 2.45) is 5.10 Å². The van der Waals surface area contributed by atoms with Crippen LogP contribution < -0.4 is 19.6 Å². The Morgan fingerprint density at radius 2 is 1.82 bits per heavy atom. The molecule has 0 atom stereocenters. The highest BCUT2D eigenvalue weighted by Crippen LogP contribution is 2.34. The van der Waals surface area contributed by atoms with Crippen LogP contribution in [0.15, 0.2) is 59.7 Å². The number of non-ortho nitro benzene ring substituents is 1. The first-order valence-electron chi connectivity index (χ1n) is 9.73. The smallest absolute Gasteiger partial charge is 0.275 e. The fourth-order valence-corrected chi connectivity index (χ4v) is 3.81. The van der Waals surface area contributed by atoms with E-state index in [1.165, 1.54) is 32.6 Å². The summed E-state index contributed by atoms with van der Waals surface area (Å²) in [4.78, 5) is 22.9. The molecule has 0 aliphatic carbocycles. The Balaban J connectivity index is 1.73. The van der Waals surface area contributed by atoms with Gasteiger partial charge in [0.25, 0.3) is 11.6 Å². The minimum atomic E-state index is -0.652. The summed E-state index contributed by atoms with van der Waals surface area (Å²) in [5.41, 5.74) is 3.71. The van der Waals surface area contributed by atoms with Crippen molar-refractivity contribution in [2.45, 2.75) is 6.61 Å². The molecular weight excluding hydrogens is 577 g/mol. The van der Waals surface area contributed by atoms with E-state index in [-0.39, 0.29) is 17.0 Å². The van der Waals surface area contributed by atoms with Crippen LogP contribution >= 0.6 is 34.2 Å². The molecule has 0 spiro atoms. The van der Waals surface area contributed by atoms with E-state index >= 15 is 0 Å². The van der Waals surface area contributed by atoms with Crippen LogP contribution in [-0.4, -0.2) is 31.3 Å². The lowest BCUT2D eigenvalue weighted by molar-refractivity contribution is -0.384. The lowest BCUT2D eigenvalue weighted by Gasteiger charge is -2.13. The van der Waals surface area contributed by atoms with Gasteiger partial charge in [-0.2, -0.15) is 5.10 Å². The van der Waals surface area contributed by atoms with Gasteiger partial charge < -0.3 is 14.2 Å². The Bertz CT molecular complexity index is 1230. The number of halogens is 2. The number of nitro groups is 1. The summed E-state index contributed by atoms with van der Waals surface area (Å²) < 4.78 is 17.3. The zero-order valence-corrected chi connectivity index (χ0v) is 21.0. The van der Waals surface area contributed by atoms with Crippen LogP contribution in [0, 0.1) is 13.7 Å². The molecule has 3 aromatic carbocycles. The maximum absolute atomic E-state index is 12.5. The van der Waals surface area contributed by atoms with Crippen molar-refractivity contribution in [3.05, 3.63) is 90.0 Å². The van der Waals surface area contributed by atoms with E-state index in [4.69, 9.17) is 25.8 Å². The van der Waals surface area contributed by atoms with Gasteiger partial charge in [0.05, 0.1) is 34.5 Å². The lowest BCUT2D eigenvalue weighted by Crippen LogP contribution is -2.18. The predicted molar refractivity (Wildman–Crippen MR) is 136 cm³/mol. The number of methoxy groups -OCH3 is 2. The first-order valence-corrected chi connectivity index (χ1v) is 11.2. The summed E-state index contributed by atoms with van der Waals surface area (Å²) in [6, 6.07) is 14.6. The number of nitrogens with zero attached hydrogens (tertiary/aromatic N) is 2. The number of rotatable bonds is 9. The molecule has 11 heteroatoms. The Hall–Kier alpha value is -3.38. The molecule has 3 aromatic rings. The van der Waals surface area contributed by atoms with Crippen LogP contribution in [0.1, 0.15) is 21.5 Å². The minimum Gasteiger partial charge on any atom is -0.496 e. The summed E-state index contributed by atoms with van der Waals surface area (Å²) >= 11 is 8.04. The Labute approximate surface area is 214 Å². The van der Waals surface area contributed by atoms with Crippen molar-refractivity contribution < 1.29 is 23.9 Å². The van der Waals surface area contributed by atoms with Gasteiger partial charge in [-0.05, 0) is 64.0 Å². The summed E-state index contributed by atoms with van der Waals surface area (Å²) in [7, 11) is 2.89. The van der Waals surface area contributed by atoms with Crippen LogP contribution in [0.3, 0.4) is 0 Å². The van der Waals surface area contributed by atoms with Crippen molar-refractivity contribution in [2.75, 3.05) is 14.2 Å². The van der Waals surface area contributed by atoms with Gasteiger partial charge in [-0.25, -0.2) is 5.43 Å². The number of nitrogens with one attached hydrogen (secondary N) is 1. The third-order valence-corrected chi connectivity index (χ3v) is 5.62. The number of carbonyl (C=O) groups is 1. The second-order valence-corrected chi connectivity index (χ2v) is 8.39. The van der Waals surface area contributed by atoms with Crippen molar-refractivity contribution in [3.63, 3.8) is 0 Å². The van der Waals surface area contributed by atoms with E-state index < -0.39 is 10.8 Å². The minimum absolute atomic E-state index is 0.00745. The summed E-state index contributed by atoms with van der Waals surface area (Å²) in [5.74, 6) is 0.604. The third-order valence-electron chi connectivity index (χ3n) is 4.57. The molecule has 1 amide bonds. The van der Waals surface area contributed by atoms with Gasteiger partial charge in [-0.15, -0.1) is 0 Å². The highest BCUT2D eigenvalue weighted by Gasteiger charge is 2.17. The fourth-order valence-electron chi connectivity index (χ4n) is 2.90. The molecule has 0 bridgehead atoms. The topological polar surface area (TPSA) is 112 Å². The molecule has 1 N–H and O–H groups in total. The number of ether oxygens (including phenoxy) is 3. The van der Waals surface area contributed by atoms with Crippen LogP contribution in [0.5, 0.6) is 17.2 Å². The molecule has 0 radical (unpaired) electrons. The van der Waals surface area contributed by atoms with E-state index in [0.717, 1.165) is 15.2 Å². The Morgan fingerprint density at radius 3 is 2.47 bits per heavy atom. The molecule has 34 heavy (non-hydrogen) atoms. The number of hydrogen-bond donors (Lipinski definition) is 1. The average Bonchev–Trinajstić information content (AvgIpc) is 2.83. The summed E-state index contributed by atoms with van der Waals surface area (Å²) in [6.07, 6.45) is 1.43. The second kappa shape index (κ2) is 11.7. The number of amides is 1. The largest absolute Gasteiger partial charge is 0.496 e. The normalized spacial score (nSPS) is 10.7. The summed E-state index contributed by atoms with van der Waals surface area (Å²) in [5, 5.41) is 15.6. The zero-order valence-electron chi connectivity index (χ0n) is 18.1. The molecule has 0 aliphatic heterocycles. The first-order chi connectivity index (χ1) is 16.3. The van der Waals surface area contributed by atoms with Gasteiger partial charge in [0.15, 0.2) is 11.5 Å². The van der Waals surface area contributed by atoms with Gasteiger partial charge in [-0.3, -0.25) is 14.9 Å². The van der Waals surface area contributed by atoms with Crippen molar-refractivity contribution >= 4 is 52.0 Å². The molecule has 0 heterocycles. The molecule has 176 valence electrons. The number of hydrazone groups is 1. The molecule has 0 aliphatic rings. The molecule has 0 saturated carbocycles. The fraction of sp³-hybridized carbons (Fsp3) is 0.130. The van der Waals surface area contributed by atoms with E-state index in [1.54, 1.807) is 18.2 Å². The maximum Gasteiger partial charge on any atom is 0.275 e. The highest BCUT2D eigenvalue weighted by molar-refractivity contribution is 14.1. The van der Waals surface area contributed by atoms with Gasteiger partial charge in [0.2, 0.25) is 0 Å². The second-order valence-electron chi connectivity index (χ2n) is 6.79. The number of nitro benzene ring substituents is 1. The third kappa shape index (κ3) is 6.35. The molecule has 0 unspecified atom stereocenters. The molecule has 3 rings (SSSR count). The molecule has 0 aromatic heterocycles. The predicted octanol–water partition coefficient (Wildman–Crippen LogP) is 5.21. The number of carbonyl (C=O) groups excluding carboxylic acids is 1. The van der Waals surface area contributed by atoms with E-state index in [0.29, 0.717) is 28.7 Å².